The highest BCUT2D eigenvalue weighted by atomic mass is 16.5. The predicted octanol–water partition coefficient (Wildman–Crippen LogP) is 3.46. The molecule has 0 amide bonds. The number of hydrogen-bond acceptors (Lipinski definition) is 2. The third kappa shape index (κ3) is 7.24. The van der Waals surface area contributed by atoms with Gasteiger partial charge in [0.1, 0.15) is 0 Å². The molecule has 0 rings (SSSR count). The summed E-state index contributed by atoms with van der Waals surface area (Å²) in [6.45, 7) is 13.5. The van der Waals surface area contributed by atoms with Gasteiger partial charge in [-0.2, -0.15) is 0 Å². The zero-order valence-corrected chi connectivity index (χ0v) is 12.1. The van der Waals surface area contributed by atoms with Gasteiger partial charge >= 0.3 is 0 Å². The standard InChI is InChI=1S/C14H31NO/c1-7-10-15-11-13(12(2)3)8-9-14(4,5)16-6/h12-13,15H,7-11H2,1-6H3. The van der Waals surface area contributed by atoms with E-state index in [1.54, 1.807) is 7.11 Å². The molecule has 0 radical (unpaired) electrons. The first-order valence-electron chi connectivity index (χ1n) is 6.68. The van der Waals surface area contributed by atoms with Crippen molar-refractivity contribution in [3.63, 3.8) is 0 Å². The number of hydrogen-bond donors (Lipinski definition) is 1. The summed E-state index contributed by atoms with van der Waals surface area (Å²) in [5, 5.41) is 3.53. The molecule has 0 aliphatic heterocycles. The summed E-state index contributed by atoms with van der Waals surface area (Å²) in [6, 6.07) is 0. The van der Waals surface area contributed by atoms with Crippen molar-refractivity contribution in [1.82, 2.24) is 5.32 Å². The van der Waals surface area contributed by atoms with Crippen LogP contribution < -0.4 is 5.32 Å². The Hall–Kier alpha value is -0.0800. The Morgan fingerprint density at radius 3 is 2.31 bits per heavy atom. The zero-order chi connectivity index (χ0) is 12.6. The summed E-state index contributed by atoms with van der Waals surface area (Å²) in [7, 11) is 1.81. The monoisotopic (exact) mass is 229 g/mol. The van der Waals surface area contributed by atoms with Gasteiger partial charge in [-0.15, -0.1) is 0 Å². The van der Waals surface area contributed by atoms with Crippen LogP contribution in [0.25, 0.3) is 0 Å². The van der Waals surface area contributed by atoms with E-state index in [-0.39, 0.29) is 5.60 Å². The Kier molecular flexibility index (Phi) is 8.04. The fourth-order valence-corrected chi connectivity index (χ4v) is 1.77. The molecule has 2 heteroatoms. The molecule has 98 valence electrons. The molecule has 1 N–H and O–H groups in total. The Bertz CT molecular complexity index is 166. The lowest BCUT2D eigenvalue weighted by Crippen LogP contribution is -2.30. The number of ether oxygens (including phenoxy) is 1. The molecular weight excluding hydrogens is 198 g/mol. The Morgan fingerprint density at radius 1 is 1.25 bits per heavy atom. The van der Waals surface area contributed by atoms with Gasteiger partial charge in [-0.25, -0.2) is 0 Å². The van der Waals surface area contributed by atoms with E-state index in [9.17, 15) is 0 Å². The summed E-state index contributed by atoms with van der Waals surface area (Å²) in [4.78, 5) is 0. The van der Waals surface area contributed by atoms with Gasteiger partial charge in [0.15, 0.2) is 0 Å². The molecule has 0 saturated carbocycles. The smallest absolute Gasteiger partial charge is 0.0622 e. The summed E-state index contributed by atoms with van der Waals surface area (Å²) in [6.07, 6.45) is 3.60. The van der Waals surface area contributed by atoms with Crippen LogP contribution in [0.1, 0.15) is 53.9 Å². The van der Waals surface area contributed by atoms with E-state index >= 15 is 0 Å². The van der Waals surface area contributed by atoms with E-state index in [0.717, 1.165) is 31.3 Å². The van der Waals surface area contributed by atoms with E-state index in [0.29, 0.717) is 0 Å². The summed E-state index contributed by atoms with van der Waals surface area (Å²) >= 11 is 0. The number of methoxy groups -OCH3 is 1. The second-order valence-electron chi connectivity index (χ2n) is 5.71. The highest BCUT2D eigenvalue weighted by molar-refractivity contribution is 4.73. The quantitative estimate of drug-likeness (QED) is 0.611. The van der Waals surface area contributed by atoms with Gasteiger partial charge in [0, 0.05) is 7.11 Å². The molecule has 0 heterocycles. The molecule has 0 aliphatic rings. The predicted molar refractivity (Wildman–Crippen MR) is 71.8 cm³/mol. The van der Waals surface area contributed by atoms with Crippen LogP contribution in [0, 0.1) is 11.8 Å². The van der Waals surface area contributed by atoms with Crippen LogP contribution in [-0.2, 0) is 4.74 Å². The third-order valence-electron chi connectivity index (χ3n) is 3.45. The first-order chi connectivity index (χ1) is 7.43. The van der Waals surface area contributed by atoms with Gasteiger partial charge in [0.2, 0.25) is 0 Å². The molecule has 0 aromatic carbocycles. The van der Waals surface area contributed by atoms with Crippen molar-refractivity contribution in [2.75, 3.05) is 20.2 Å². The van der Waals surface area contributed by atoms with Crippen LogP contribution in [0.15, 0.2) is 0 Å². The van der Waals surface area contributed by atoms with E-state index in [4.69, 9.17) is 4.74 Å². The van der Waals surface area contributed by atoms with Crippen molar-refractivity contribution in [2.24, 2.45) is 11.8 Å². The first kappa shape index (κ1) is 15.9. The van der Waals surface area contributed by atoms with Crippen LogP contribution in [0.2, 0.25) is 0 Å². The van der Waals surface area contributed by atoms with Crippen molar-refractivity contribution in [3.8, 4) is 0 Å². The van der Waals surface area contributed by atoms with Crippen LogP contribution >= 0.6 is 0 Å². The second-order valence-corrected chi connectivity index (χ2v) is 5.71. The molecule has 0 spiro atoms. The third-order valence-corrected chi connectivity index (χ3v) is 3.45. The van der Waals surface area contributed by atoms with Crippen LogP contribution in [0.3, 0.4) is 0 Å². The summed E-state index contributed by atoms with van der Waals surface area (Å²) in [5.74, 6) is 1.51. The largest absolute Gasteiger partial charge is 0.379 e. The lowest BCUT2D eigenvalue weighted by Gasteiger charge is -2.28. The maximum Gasteiger partial charge on any atom is 0.0622 e. The van der Waals surface area contributed by atoms with Gasteiger partial charge in [-0.3, -0.25) is 0 Å². The molecule has 0 aromatic heterocycles. The molecule has 2 nitrogen and oxygen atoms in total. The van der Waals surface area contributed by atoms with Gasteiger partial charge in [-0.1, -0.05) is 20.8 Å². The second kappa shape index (κ2) is 8.08. The lowest BCUT2D eigenvalue weighted by molar-refractivity contribution is 0.00881. The summed E-state index contributed by atoms with van der Waals surface area (Å²) < 4.78 is 5.47. The normalized spacial score (nSPS) is 14.4. The fraction of sp³-hybridized carbons (Fsp3) is 1.00. The Morgan fingerprint density at radius 2 is 1.88 bits per heavy atom. The molecule has 1 unspecified atom stereocenters. The molecule has 0 aromatic rings. The molecule has 16 heavy (non-hydrogen) atoms. The van der Waals surface area contributed by atoms with E-state index < -0.39 is 0 Å². The average Bonchev–Trinajstić information content (AvgIpc) is 2.22. The minimum atomic E-state index is 0.0257. The lowest BCUT2D eigenvalue weighted by atomic mass is 9.87. The van der Waals surface area contributed by atoms with Crippen LogP contribution in [0.4, 0.5) is 0 Å². The van der Waals surface area contributed by atoms with Crippen molar-refractivity contribution < 1.29 is 4.74 Å². The van der Waals surface area contributed by atoms with Crippen LogP contribution in [0.5, 0.6) is 0 Å². The molecular formula is C14H31NO. The van der Waals surface area contributed by atoms with Gasteiger partial charge < -0.3 is 10.1 Å². The average molecular weight is 229 g/mol. The molecule has 0 bridgehead atoms. The number of rotatable bonds is 9. The zero-order valence-electron chi connectivity index (χ0n) is 12.1. The minimum absolute atomic E-state index is 0.0257. The van der Waals surface area contributed by atoms with Crippen molar-refractivity contribution in [3.05, 3.63) is 0 Å². The molecule has 1 atom stereocenters. The Labute approximate surface area is 102 Å². The van der Waals surface area contributed by atoms with Crippen molar-refractivity contribution in [2.45, 2.75) is 59.5 Å². The number of nitrogens with one attached hydrogen (secondary N) is 1. The molecule has 0 aliphatic carbocycles. The maximum atomic E-state index is 5.47. The Balaban J connectivity index is 3.94. The maximum absolute atomic E-state index is 5.47. The van der Waals surface area contributed by atoms with Crippen molar-refractivity contribution >= 4 is 0 Å². The van der Waals surface area contributed by atoms with Gasteiger partial charge in [0.25, 0.3) is 0 Å². The highest BCUT2D eigenvalue weighted by Crippen LogP contribution is 2.23. The summed E-state index contributed by atoms with van der Waals surface area (Å²) in [5.41, 5.74) is 0.0257. The van der Waals surface area contributed by atoms with Gasteiger partial charge in [-0.05, 0) is 58.0 Å². The van der Waals surface area contributed by atoms with E-state index in [1.165, 1.54) is 12.8 Å². The van der Waals surface area contributed by atoms with Crippen molar-refractivity contribution in [1.29, 1.82) is 0 Å². The van der Waals surface area contributed by atoms with E-state index in [2.05, 4.69) is 39.9 Å². The first-order valence-corrected chi connectivity index (χ1v) is 6.68. The molecule has 0 saturated heterocycles. The minimum Gasteiger partial charge on any atom is -0.379 e. The topological polar surface area (TPSA) is 21.3 Å². The fourth-order valence-electron chi connectivity index (χ4n) is 1.77. The van der Waals surface area contributed by atoms with Crippen LogP contribution in [-0.4, -0.2) is 25.8 Å². The SMILES string of the molecule is CCCNCC(CCC(C)(C)OC)C(C)C. The van der Waals surface area contributed by atoms with E-state index in [1.807, 2.05) is 0 Å². The highest BCUT2D eigenvalue weighted by Gasteiger charge is 2.20. The molecule has 0 fully saturated rings. The van der Waals surface area contributed by atoms with Gasteiger partial charge in [0.05, 0.1) is 5.60 Å².